The Morgan fingerprint density at radius 1 is 0.839 bits per heavy atom. The summed E-state index contributed by atoms with van der Waals surface area (Å²) in [7, 11) is 1.50. The van der Waals surface area contributed by atoms with Gasteiger partial charge in [-0.2, -0.15) is 0 Å². The molecular weight excluding hydrogens is 401 g/mol. The van der Waals surface area contributed by atoms with Crippen LogP contribution < -0.4 is 25.8 Å². The number of carbonyl (C=O) groups is 2. The van der Waals surface area contributed by atoms with Crippen molar-refractivity contribution in [2.75, 3.05) is 7.11 Å². The fraction of sp³-hybridized carbons (Fsp3) is 0.130. The average molecular weight is 423 g/mol. The lowest BCUT2D eigenvalue weighted by Gasteiger charge is -2.11. The molecule has 0 atom stereocenters. The number of nitrogens with two attached hydrogens (primary N) is 1. The topological polar surface area (TPSA) is 103 Å². The molecule has 3 rings (SSSR count). The number of hydrogen-bond donors (Lipinski definition) is 3. The number of hydrogen-bond acceptors (Lipinski definition) is 4. The van der Waals surface area contributed by atoms with E-state index in [1.807, 2.05) is 12.1 Å². The van der Waals surface area contributed by atoms with E-state index in [1.165, 1.54) is 19.2 Å². The summed E-state index contributed by atoms with van der Waals surface area (Å²) in [6, 6.07) is 17.3. The molecule has 0 unspecified atom stereocenters. The fourth-order valence-corrected chi connectivity index (χ4v) is 2.80. The van der Waals surface area contributed by atoms with Gasteiger partial charge in [0.1, 0.15) is 23.1 Å². The van der Waals surface area contributed by atoms with Gasteiger partial charge in [-0.3, -0.25) is 4.79 Å². The van der Waals surface area contributed by atoms with E-state index in [-0.39, 0.29) is 18.3 Å². The van der Waals surface area contributed by atoms with Gasteiger partial charge in [0.25, 0.3) is 5.91 Å². The summed E-state index contributed by atoms with van der Waals surface area (Å²) in [5, 5.41) is 5.33. The van der Waals surface area contributed by atoms with Crippen LogP contribution in [0.4, 0.5) is 9.18 Å². The van der Waals surface area contributed by atoms with Crippen molar-refractivity contribution in [1.82, 2.24) is 10.6 Å². The highest BCUT2D eigenvalue weighted by Gasteiger charge is 2.10. The Morgan fingerprint density at radius 2 is 1.45 bits per heavy atom. The second-order valence-corrected chi connectivity index (χ2v) is 6.67. The van der Waals surface area contributed by atoms with Crippen molar-refractivity contribution in [3.63, 3.8) is 0 Å². The fourth-order valence-electron chi connectivity index (χ4n) is 2.80. The van der Waals surface area contributed by atoms with E-state index in [4.69, 9.17) is 15.2 Å². The van der Waals surface area contributed by atoms with Crippen molar-refractivity contribution < 1.29 is 23.5 Å². The molecule has 0 fully saturated rings. The molecule has 0 saturated heterocycles. The Bertz CT molecular complexity index is 1050. The second kappa shape index (κ2) is 10.1. The zero-order chi connectivity index (χ0) is 22.2. The quantitative estimate of drug-likeness (QED) is 0.514. The summed E-state index contributed by atoms with van der Waals surface area (Å²) >= 11 is 0. The molecule has 0 aliphatic heterocycles. The maximum atomic E-state index is 13.0. The predicted molar refractivity (Wildman–Crippen MR) is 114 cm³/mol. The third-order valence-corrected chi connectivity index (χ3v) is 4.36. The van der Waals surface area contributed by atoms with E-state index in [1.54, 1.807) is 42.5 Å². The van der Waals surface area contributed by atoms with E-state index in [0.717, 1.165) is 5.56 Å². The highest BCUT2D eigenvalue weighted by atomic mass is 19.1. The number of amides is 3. The van der Waals surface area contributed by atoms with Crippen molar-refractivity contribution in [2.45, 2.75) is 13.1 Å². The standard InChI is InChI=1S/C23H22FN3O4/c1-30-21-11-16(14-27-23(25)29)10-17(12-21)22(28)26-13-15-2-6-19(7-3-15)31-20-8-4-18(24)5-9-20/h2-12H,13-14H2,1H3,(H,26,28)(H3,25,27,29). The van der Waals surface area contributed by atoms with Gasteiger partial charge in [-0.15, -0.1) is 0 Å². The lowest BCUT2D eigenvalue weighted by atomic mass is 10.1. The Balaban J connectivity index is 1.60. The van der Waals surface area contributed by atoms with Crippen LogP contribution in [0.5, 0.6) is 17.2 Å². The molecule has 160 valence electrons. The van der Waals surface area contributed by atoms with Gasteiger partial charge in [0, 0.05) is 18.7 Å². The number of halogens is 1. The van der Waals surface area contributed by atoms with Gasteiger partial charge < -0.3 is 25.8 Å². The van der Waals surface area contributed by atoms with Crippen LogP contribution in [0, 0.1) is 5.82 Å². The number of methoxy groups -OCH3 is 1. The number of benzene rings is 3. The molecule has 0 radical (unpaired) electrons. The highest BCUT2D eigenvalue weighted by molar-refractivity contribution is 5.94. The molecule has 0 spiro atoms. The molecule has 7 nitrogen and oxygen atoms in total. The molecule has 31 heavy (non-hydrogen) atoms. The Morgan fingerprint density at radius 3 is 2.06 bits per heavy atom. The normalized spacial score (nSPS) is 10.3. The smallest absolute Gasteiger partial charge is 0.312 e. The van der Waals surface area contributed by atoms with Gasteiger partial charge in [-0.1, -0.05) is 12.1 Å². The molecule has 0 aliphatic carbocycles. The Hall–Kier alpha value is -4.07. The molecule has 0 bridgehead atoms. The van der Waals surface area contributed by atoms with Crippen LogP contribution in [0.3, 0.4) is 0 Å². The molecule has 0 aliphatic rings. The number of carbonyl (C=O) groups excluding carboxylic acids is 2. The number of urea groups is 1. The van der Waals surface area contributed by atoms with Gasteiger partial charge in [0.2, 0.25) is 0 Å². The van der Waals surface area contributed by atoms with Gasteiger partial charge in [-0.05, 0) is 65.7 Å². The third-order valence-electron chi connectivity index (χ3n) is 4.36. The van der Waals surface area contributed by atoms with Crippen molar-refractivity contribution in [1.29, 1.82) is 0 Å². The first-order chi connectivity index (χ1) is 14.9. The first-order valence-electron chi connectivity index (χ1n) is 9.45. The minimum Gasteiger partial charge on any atom is -0.497 e. The van der Waals surface area contributed by atoms with Crippen molar-refractivity contribution in [2.24, 2.45) is 5.73 Å². The summed E-state index contributed by atoms with van der Waals surface area (Å²) < 4.78 is 23.8. The average Bonchev–Trinajstić information content (AvgIpc) is 2.78. The van der Waals surface area contributed by atoms with E-state index in [0.29, 0.717) is 34.9 Å². The number of rotatable bonds is 8. The van der Waals surface area contributed by atoms with E-state index >= 15 is 0 Å². The monoisotopic (exact) mass is 423 g/mol. The van der Waals surface area contributed by atoms with Crippen LogP contribution in [0.25, 0.3) is 0 Å². The summed E-state index contributed by atoms with van der Waals surface area (Å²) in [4.78, 5) is 23.5. The van der Waals surface area contributed by atoms with Crippen LogP contribution in [0.15, 0.2) is 66.7 Å². The molecule has 4 N–H and O–H groups in total. The number of primary amides is 1. The van der Waals surface area contributed by atoms with E-state index < -0.39 is 6.03 Å². The SMILES string of the molecule is COc1cc(CNC(N)=O)cc(C(=O)NCc2ccc(Oc3ccc(F)cc3)cc2)c1. The molecule has 8 heteroatoms. The molecule has 0 aromatic heterocycles. The predicted octanol–water partition coefficient (Wildman–Crippen LogP) is 3.72. The van der Waals surface area contributed by atoms with E-state index in [9.17, 15) is 14.0 Å². The largest absolute Gasteiger partial charge is 0.497 e. The molecule has 0 saturated carbocycles. The molecule has 3 aromatic rings. The minimum absolute atomic E-state index is 0.183. The maximum Gasteiger partial charge on any atom is 0.312 e. The molecule has 3 aromatic carbocycles. The van der Waals surface area contributed by atoms with Crippen LogP contribution in [0.1, 0.15) is 21.5 Å². The Labute approximate surface area is 179 Å². The van der Waals surface area contributed by atoms with Crippen LogP contribution in [0.2, 0.25) is 0 Å². The van der Waals surface area contributed by atoms with Gasteiger partial charge in [0.15, 0.2) is 0 Å². The van der Waals surface area contributed by atoms with Crippen LogP contribution >= 0.6 is 0 Å². The third kappa shape index (κ3) is 6.46. The van der Waals surface area contributed by atoms with Crippen molar-refractivity contribution in [3.8, 4) is 17.2 Å². The van der Waals surface area contributed by atoms with Crippen molar-refractivity contribution >= 4 is 11.9 Å². The first-order valence-corrected chi connectivity index (χ1v) is 9.45. The summed E-state index contributed by atoms with van der Waals surface area (Å²) in [5.41, 5.74) is 7.05. The van der Waals surface area contributed by atoms with Gasteiger partial charge >= 0.3 is 6.03 Å². The zero-order valence-corrected chi connectivity index (χ0v) is 16.9. The minimum atomic E-state index is -0.652. The summed E-state index contributed by atoms with van der Waals surface area (Å²) in [6.07, 6.45) is 0. The second-order valence-electron chi connectivity index (χ2n) is 6.67. The molecule has 0 heterocycles. The molecular formula is C23H22FN3O4. The Kier molecular flexibility index (Phi) is 7.05. The van der Waals surface area contributed by atoms with Crippen molar-refractivity contribution in [3.05, 3.63) is 89.2 Å². The first kappa shape index (κ1) is 21.6. The van der Waals surface area contributed by atoms with Gasteiger partial charge in [0.05, 0.1) is 7.11 Å². The van der Waals surface area contributed by atoms with Gasteiger partial charge in [-0.25, -0.2) is 9.18 Å². The van der Waals surface area contributed by atoms with Crippen LogP contribution in [-0.4, -0.2) is 19.0 Å². The zero-order valence-electron chi connectivity index (χ0n) is 16.9. The summed E-state index contributed by atoms with van der Waals surface area (Å²) in [6.45, 7) is 0.490. The maximum absolute atomic E-state index is 13.0. The summed E-state index contributed by atoms with van der Waals surface area (Å²) in [5.74, 6) is 1.01. The lowest BCUT2D eigenvalue weighted by Crippen LogP contribution is -2.29. The highest BCUT2D eigenvalue weighted by Crippen LogP contribution is 2.22. The lowest BCUT2D eigenvalue weighted by molar-refractivity contribution is 0.0950. The number of nitrogens with one attached hydrogen (secondary N) is 2. The van der Waals surface area contributed by atoms with Crippen LogP contribution in [-0.2, 0) is 13.1 Å². The number of ether oxygens (including phenoxy) is 2. The van der Waals surface area contributed by atoms with E-state index in [2.05, 4.69) is 10.6 Å². The molecule has 3 amide bonds.